The molecule has 2 N–H and O–H groups in total. The van der Waals surface area contributed by atoms with Crippen LogP contribution in [0, 0.1) is 11.3 Å². The van der Waals surface area contributed by atoms with E-state index in [1.54, 1.807) is 35.1 Å². The molecule has 1 aliphatic rings. The highest BCUT2D eigenvalue weighted by atomic mass is 16.3. The molecule has 1 saturated carbocycles. The van der Waals surface area contributed by atoms with Crippen LogP contribution >= 0.6 is 0 Å². The number of hydrogen-bond acceptors (Lipinski definition) is 5. The van der Waals surface area contributed by atoms with Gasteiger partial charge in [0.2, 0.25) is 0 Å². The Morgan fingerprint density at radius 2 is 2.25 bits per heavy atom. The van der Waals surface area contributed by atoms with Crippen LogP contribution in [-0.4, -0.2) is 32.0 Å². The Bertz CT molecular complexity index is 764. The maximum atomic E-state index is 12.5. The average Bonchev–Trinajstić information content (AvgIpc) is 3.11. The Morgan fingerprint density at radius 1 is 1.42 bits per heavy atom. The van der Waals surface area contributed by atoms with Crippen molar-refractivity contribution in [1.82, 2.24) is 20.3 Å². The molecule has 0 spiro atoms. The summed E-state index contributed by atoms with van der Waals surface area (Å²) in [5, 5.41) is 29.2. The third-order valence-corrected chi connectivity index (χ3v) is 4.36. The number of carbonyl (C=O) groups is 1. The van der Waals surface area contributed by atoms with Crippen molar-refractivity contribution in [3.05, 3.63) is 47.3 Å². The Kier molecular flexibility index (Phi) is 4.87. The van der Waals surface area contributed by atoms with Crippen molar-refractivity contribution in [3.8, 4) is 6.07 Å². The normalized spacial score (nSPS) is 20.3. The van der Waals surface area contributed by atoms with Gasteiger partial charge in [-0.1, -0.05) is 24.1 Å². The van der Waals surface area contributed by atoms with Gasteiger partial charge in [0.15, 0.2) is 0 Å². The summed E-state index contributed by atoms with van der Waals surface area (Å²) >= 11 is 0. The topological polar surface area (TPSA) is 104 Å². The fraction of sp³-hybridized carbons (Fsp3) is 0.412. The number of carbonyl (C=O) groups excluding carboxylic acids is 1. The van der Waals surface area contributed by atoms with Gasteiger partial charge in [-0.05, 0) is 31.0 Å². The first-order valence-electron chi connectivity index (χ1n) is 8.04. The van der Waals surface area contributed by atoms with Gasteiger partial charge in [0, 0.05) is 5.56 Å². The fourth-order valence-electron chi connectivity index (χ4n) is 3.13. The zero-order chi connectivity index (χ0) is 16.9. The molecule has 0 saturated heterocycles. The van der Waals surface area contributed by atoms with Gasteiger partial charge in [0.1, 0.15) is 5.69 Å². The smallest absolute Gasteiger partial charge is 0.251 e. The quantitative estimate of drug-likeness (QED) is 0.887. The Hall–Kier alpha value is -2.72. The Labute approximate surface area is 139 Å². The SMILES string of the molecule is N#Cc1cccc(C(=O)N[C@H]2CCCC[C@H]2n2cc(CO)nn2)c1. The van der Waals surface area contributed by atoms with Crippen molar-refractivity contribution in [2.75, 3.05) is 0 Å². The van der Waals surface area contributed by atoms with Gasteiger partial charge >= 0.3 is 0 Å². The number of aliphatic hydroxyl groups excluding tert-OH is 1. The highest BCUT2D eigenvalue weighted by Crippen LogP contribution is 2.28. The van der Waals surface area contributed by atoms with Gasteiger partial charge in [0.25, 0.3) is 5.91 Å². The summed E-state index contributed by atoms with van der Waals surface area (Å²) in [6, 6.07) is 8.69. The molecule has 1 heterocycles. The van der Waals surface area contributed by atoms with E-state index in [0.717, 1.165) is 25.7 Å². The monoisotopic (exact) mass is 325 g/mol. The number of aromatic nitrogens is 3. The number of nitriles is 1. The highest BCUT2D eigenvalue weighted by Gasteiger charge is 2.29. The van der Waals surface area contributed by atoms with Crippen molar-refractivity contribution >= 4 is 5.91 Å². The minimum Gasteiger partial charge on any atom is -0.390 e. The number of benzene rings is 1. The van der Waals surface area contributed by atoms with Crippen LogP contribution in [-0.2, 0) is 6.61 Å². The zero-order valence-electron chi connectivity index (χ0n) is 13.2. The second-order valence-corrected chi connectivity index (χ2v) is 5.97. The third-order valence-electron chi connectivity index (χ3n) is 4.36. The van der Waals surface area contributed by atoms with Gasteiger partial charge in [0.05, 0.1) is 36.5 Å². The molecular formula is C17H19N5O2. The van der Waals surface area contributed by atoms with E-state index < -0.39 is 0 Å². The van der Waals surface area contributed by atoms with Gasteiger partial charge in [-0.15, -0.1) is 5.10 Å². The largest absolute Gasteiger partial charge is 0.390 e. The van der Waals surface area contributed by atoms with Crippen LogP contribution in [0.5, 0.6) is 0 Å². The first kappa shape index (κ1) is 16.1. The molecular weight excluding hydrogens is 306 g/mol. The number of nitrogens with one attached hydrogen (secondary N) is 1. The standard InChI is InChI=1S/C17H19N5O2/c18-9-12-4-3-5-13(8-12)17(24)19-15-6-1-2-7-16(15)22-10-14(11-23)20-21-22/h3-5,8,10,15-16,23H,1-2,6-7,11H2,(H,19,24)/t15-,16+/m0/s1. The minimum atomic E-state index is -0.188. The molecule has 0 unspecified atom stereocenters. The van der Waals surface area contributed by atoms with E-state index in [4.69, 9.17) is 10.4 Å². The second kappa shape index (κ2) is 7.23. The van der Waals surface area contributed by atoms with E-state index in [-0.39, 0.29) is 24.6 Å². The summed E-state index contributed by atoms with van der Waals surface area (Å²) in [6.07, 6.45) is 5.60. The highest BCUT2D eigenvalue weighted by molar-refractivity contribution is 5.94. The summed E-state index contributed by atoms with van der Waals surface area (Å²) in [5.41, 5.74) is 1.46. The molecule has 24 heavy (non-hydrogen) atoms. The Balaban J connectivity index is 1.76. The van der Waals surface area contributed by atoms with E-state index in [1.807, 2.05) is 6.07 Å². The molecule has 0 radical (unpaired) electrons. The van der Waals surface area contributed by atoms with Crippen molar-refractivity contribution in [2.24, 2.45) is 0 Å². The number of amides is 1. The second-order valence-electron chi connectivity index (χ2n) is 5.97. The number of rotatable bonds is 4. The lowest BCUT2D eigenvalue weighted by atomic mass is 9.90. The number of aliphatic hydroxyl groups is 1. The van der Waals surface area contributed by atoms with Crippen molar-refractivity contribution in [3.63, 3.8) is 0 Å². The van der Waals surface area contributed by atoms with Crippen molar-refractivity contribution in [2.45, 2.75) is 44.4 Å². The summed E-state index contributed by atoms with van der Waals surface area (Å²) in [7, 11) is 0. The molecule has 0 bridgehead atoms. The van der Waals surface area contributed by atoms with E-state index in [0.29, 0.717) is 16.8 Å². The maximum absolute atomic E-state index is 12.5. The fourth-order valence-corrected chi connectivity index (χ4v) is 3.13. The van der Waals surface area contributed by atoms with Gasteiger partial charge in [-0.3, -0.25) is 4.79 Å². The average molecular weight is 325 g/mol. The van der Waals surface area contributed by atoms with E-state index in [9.17, 15) is 4.79 Å². The van der Waals surface area contributed by atoms with Crippen LogP contribution in [0.2, 0.25) is 0 Å². The summed E-state index contributed by atoms with van der Waals surface area (Å²) in [4.78, 5) is 12.5. The van der Waals surface area contributed by atoms with Crippen molar-refractivity contribution in [1.29, 1.82) is 5.26 Å². The summed E-state index contributed by atoms with van der Waals surface area (Å²) in [5.74, 6) is -0.188. The van der Waals surface area contributed by atoms with E-state index in [1.165, 1.54) is 0 Å². The number of nitrogens with zero attached hydrogens (tertiary/aromatic N) is 4. The van der Waals surface area contributed by atoms with Gasteiger partial charge < -0.3 is 10.4 Å². The van der Waals surface area contributed by atoms with E-state index >= 15 is 0 Å². The Morgan fingerprint density at radius 3 is 3.00 bits per heavy atom. The van der Waals surface area contributed by atoms with Crippen LogP contribution in [0.15, 0.2) is 30.5 Å². The molecule has 7 heteroatoms. The molecule has 1 fully saturated rings. The number of hydrogen-bond donors (Lipinski definition) is 2. The van der Waals surface area contributed by atoms with E-state index in [2.05, 4.69) is 15.6 Å². The molecule has 1 aliphatic carbocycles. The molecule has 2 atom stereocenters. The lowest BCUT2D eigenvalue weighted by molar-refractivity contribution is 0.0904. The molecule has 1 aromatic heterocycles. The van der Waals surface area contributed by atoms with Crippen LogP contribution in [0.4, 0.5) is 0 Å². The third kappa shape index (κ3) is 3.44. The van der Waals surface area contributed by atoms with Crippen LogP contribution in [0.25, 0.3) is 0 Å². The molecule has 1 aromatic carbocycles. The molecule has 0 aliphatic heterocycles. The molecule has 1 amide bonds. The van der Waals surface area contributed by atoms with Crippen LogP contribution in [0.1, 0.15) is 53.3 Å². The zero-order valence-corrected chi connectivity index (χ0v) is 13.2. The molecule has 124 valence electrons. The van der Waals surface area contributed by atoms with Gasteiger partial charge in [-0.25, -0.2) is 4.68 Å². The first-order valence-corrected chi connectivity index (χ1v) is 8.04. The predicted octanol–water partition coefficient (Wildman–Crippen LogP) is 1.56. The first-order chi connectivity index (χ1) is 11.7. The lowest BCUT2D eigenvalue weighted by Crippen LogP contribution is -2.43. The predicted molar refractivity (Wildman–Crippen MR) is 85.9 cm³/mol. The molecule has 2 aromatic rings. The lowest BCUT2D eigenvalue weighted by Gasteiger charge is -2.32. The van der Waals surface area contributed by atoms with Gasteiger partial charge in [-0.2, -0.15) is 5.26 Å². The summed E-state index contributed by atoms with van der Waals surface area (Å²) in [6.45, 7) is -0.148. The summed E-state index contributed by atoms with van der Waals surface area (Å²) < 4.78 is 1.74. The van der Waals surface area contributed by atoms with Crippen molar-refractivity contribution < 1.29 is 9.90 Å². The molecule has 7 nitrogen and oxygen atoms in total. The van der Waals surface area contributed by atoms with Crippen LogP contribution in [0.3, 0.4) is 0 Å². The van der Waals surface area contributed by atoms with Crippen LogP contribution < -0.4 is 5.32 Å². The maximum Gasteiger partial charge on any atom is 0.251 e. The molecule has 3 rings (SSSR count). The minimum absolute atomic E-state index is 0.0228.